The molecule has 0 aromatic carbocycles. The van der Waals surface area contributed by atoms with Crippen LogP contribution in [0, 0.1) is 6.92 Å². The molecule has 0 saturated carbocycles. The molecule has 0 atom stereocenters. The minimum atomic E-state index is 0.526. The minimum Gasteiger partial charge on any atom is -0.469 e. The summed E-state index contributed by atoms with van der Waals surface area (Å²) in [6.07, 6.45) is 3.53. The second-order valence-electron chi connectivity index (χ2n) is 4.09. The Morgan fingerprint density at radius 2 is 2.18 bits per heavy atom. The number of hydrogen-bond donors (Lipinski definition) is 1. The molecular formula is C13H17N3O. The lowest BCUT2D eigenvalue weighted by Crippen LogP contribution is -2.17. The average Bonchev–Trinajstić information content (AvgIpc) is 2.75. The molecule has 0 spiro atoms. The molecule has 0 fully saturated rings. The van der Waals surface area contributed by atoms with Crippen LogP contribution in [-0.2, 0) is 13.1 Å². The monoisotopic (exact) mass is 231 g/mol. The Kier molecular flexibility index (Phi) is 3.44. The van der Waals surface area contributed by atoms with Gasteiger partial charge in [-0.05, 0) is 24.6 Å². The van der Waals surface area contributed by atoms with Crippen molar-refractivity contribution >= 4 is 5.82 Å². The number of hydrogen-bond acceptors (Lipinski definition) is 4. The van der Waals surface area contributed by atoms with E-state index < -0.39 is 0 Å². The SMILES string of the molecule is Cc1occc1CN(C)c1ccc(CN)cn1. The van der Waals surface area contributed by atoms with Crippen molar-refractivity contribution in [3.8, 4) is 0 Å². The fourth-order valence-electron chi connectivity index (χ4n) is 1.68. The maximum absolute atomic E-state index is 5.54. The standard InChI is InChI=1S/C13H17N3O/c1-10-12(5-6-17-10)9-16(2)13-4-3-11(7-14)8-15-13/h3-6,8H,7,9,14H2,1-2H3. The molecule has 2 rings (SSSR count). The number of aryl methyl sites for hydroxylation is 1. The Morgan fingerprint density at radius 1 is 1.35 bits per heavy atom. The second kappa shape index (κ2) is 5.01. The number of rotatable bonds is 4. The lowest BCUT2D eigenvalue weighted by atomic mass is 10.2. The fourth-order valence-corrected chi connectivity index (χ4v) is 1.68. The van der Waals surface area contributed by atoms with Crippen molar-refractivity contribution in [2.24, 2.45) is 5.73 Å². The molecule has 0 aliphatic carbocycles. The maximum atomic E-state index is 5.54. The van der Waals surface area contributed by atoms with Gasteiger partial charge >= 0.3 is 0 Å². The van der Waals surface area contributed by atoms with Crippen molar-refractivity contribution in [2.75, 3.05) is 11.9 Å². The van der Waals surface area contributed by atoms with Gasteiger partial charge in [0.25, 0.3) is 0 Å². The molecule has 4 nitrogen and oxygen atoms in total. The first kappa shape index (κ1) is 11.7. The van der Waals surface area contributed by atoms with Crippen LogP contribution in [0.25, 0.3) is 0 Å². The molecular weight excluding hydrogens is 214 g/mol. The molecule has 0 aliphatic heterocycles. The lowest BCUT2D eigenvalue weighted by molar-refractivity contribution is 0.529. The number of nitrogens with two attached hydrogens (primary N) is 1. The van der Waals surface area contributed by atoms with Gasteiger partial charge in [-0.3, -0.25) is 0 Å². The highest BCUT2D eigenvalue weighted by molar-refractivity contribution is 5.39. The van der Waals surface area contributed by atoms with E-state index >= 15 is 0 Å². The van der Waals surface area contributed by atoms with E-state index in [0.717, 1.165) is 23.7 Å². The summed E-state index contributed by atoms with van der Waals surface area (Å²) in [6, 6.07) is 5.97. The summed E-state index contributed by atoms with van der Waals surface area (Å²) in [7, 11) is 2.01. The minimum absolute atomic E-state index is 0.526. The molecule has 4 heteroatoms. The van der Waals surface area contributed by atoms with Gasteiger partial charge < -0.3 is 15.1 Å². The summed E-state index contributed by atoms with van der Waals surface area (Å²) < 4.78 is 5.27. The fraction of sp³-hybridized carbons (Fsp3) is 0.308. The first-order valence-electron chi connectivity index (χ1n) is 5.60. The number of furan rings is 1. The zero-order valence-corrected chi connectivity index (χ0v) is 10.2. The topological polar surface area (TPSA) is 55.3 Å². The third-order valence-corrected chi connectivity index (χ3v) is 2.81. The summed E-state index contributed by atoms with van der Waals surface area (Å²) in [6.45, 7) is 3.28. The van der Waals surface area contributed by atoms with Crippen LogP contribution in [0.4, 0.5) is 5.82 Å². The second-order valence-corrected chi connectivity index (χ2v) is 4.09. The predicted octanol–water partition coefficient (Wildman–Crippen LogP) is 2.08. The van der Waals surface area contributed by atoms with Crippen molar-refractivity contribution in [1.29, 1.82) is 0 Å². The molecule has 17 heavy (non-hydrogen) atoms. The van der Waals surface area contributed by atoms with Crippen molar-refractivity contribution < 1.29 is 4.42 Å². The first-order chi connectivity index (χ1) is 8.20. The summed E-state index contributed by atoms with van der Waals surface area (Å²) in [5, 5.41) is 0. The van der Waals surface area contributed by atoms with Gasteiger partial charge in [-0.2, -0.15) is 0 Å². The van der Waals surface area contributed by atoms with Crippen molar-refractivity contribution in [3.05, 3.63) is 47.5 Å². The molecule has 0 saturated heterocycles. The maximum Gasteiger partial charge on any atom is 0.128 e. The Labute approximate surface area is 101 Å². The molecule has 2 aromatic rings. The molecule has 2 N–H and O–H groups in total. The molecule has 0 aliphatic rings. The van der Waals surface area contributed by atoms with E-state index in [-0.39, 0.29) is 0 Å². The van der Waals surface area contributed by atoms with E-state index in [0.29, 0.717) is 6.54 Å². The van der Waals surface area contributed by atoms with Gasteiger partial charge in [-0.15, -0.1) is 0 Å². The Morgan fingerprint density at radius 3 is 2.71 bits per heavy atom. The summed E-state index contributed by atoms with van der Waals surface area (Å²) in [4.78, 5) is 6.46. The van der Waals surface area contributed by atoms with E-state index in [1.165, 1.54) is 5.56 Å². The lowest BCUT2D eigenvalue weighted by Gasteiger charge is -2.17. The van der Waals surface area contributed by atoms with E-state index in [9.17, 15) is 0 Å². The van der Waals surface area contributed by atoms with Gasteiger partial charge in [0.05, 0.1) is 6.26 Å². The highest BCUT2D eigenvalue weighted by Gasteiger charge is 2.07. The quantitative estimate of drug-likeness (QED) is 0.875. The normalized spacial score (nSPS) is 10.5. The number of pyridine rings is 1. The molecule has 2 heterocycles. The molecule has 90 valence electrons. The number of nitrogens with zero attached hydrogens (tertiary/aromatic N) is 2. The van der Waals surface area contributed by atoms with Crippen LogP contribution in [0.1, 0.15) is 16.9 Å². The van der Waals surface area contributed by atoms with Gasteiger partial charge in [0, 0.05) is 31.9 Å². The van der Waals surface area contributed by atoms with Crippen LogP contribution in [0.15, 0.2) is 35.1 Å². The Balaban J connectivity index is 2.09. The smallest absolute Gasteiger partial charge is 0.128 e. The van der Waals surface area contributed by atoms with Crippen molar-refractivity contribution in [3.63, 3.8) is 0 Å². The van der Waals surface area contributed by atoms with E-state index in [1.807, 2.05) is 38.4 Å². The van der Waals surface area contributed by atoms with Gasteiger partial charge in [0.1, 0.15) is 11.6 Å². The number of aromatic nitrogens is 1. The van der Waals surface area contributed by atoms with E-state index in [1.54, 1.807) is 6.26 Å². The first-order valence-corrected chi connectivity index (χ1v) is 5.60. The molecule has 0 amide bonds. The van der Waals surface area contributed by atoms with E-state index in [2.05, 4.69) is 9.88 Å². The summed E-state index contributed by atoms with van der Waals surface area (Å²) in [5.41, 5.74) is 7.76. The zero-order chi connectivity index (χ0) is 12.3. The highest BCUT2D eigenvalue weighted by Crippen LogP contribution is 2.16. The Hall–Kier alpha value is -1.81. The van der Waals surface area contributed by atoms with Gasteiger partial charge in [0.15, 0.2) is 0 Å². The largest absolute Gasteiger partial charge is 0.469 e. The third kappa shape index (κ3) is 2.65. The van der Waals surface area contributed by atoms with Crippen LogP contribution in [-0.4, -0.2) is 12.0 Å². The van der Waals surface area contributed by atoms with Crippen LogP contribution in [0.5, 0.6) is 0 Å². The van der Waals surface area contributed by atoms with Crippen LogP contribution in [0.3, 0.4) is 0 Å². The molecule has 0 bridgehead atoms. The van der Waals surface area contributed by atoms with E-state index in [4.69, 9.17) is 10.2 Å². The van der Waals surface area contributed by atoms with Crippen molar-refractivity contribution in [1.82, 2.24) is 4.98 Å². The van der Waals surface area contributed by atoms with Gasteiger partial charge in [-0.1, -0.05) is 6.07 Å². The molecule has 0 unspecified atom stereocenters. The third-order valence-electron chi connectivity index (χ3n) is 2.81. The van der Waals surface area contributed by atoms with Crippen LogP contribution < -0.4 is 10.6 Å². The van der Waals surface area contributed by atoms with Crippen LogP contribution >= 0.6 is 0 Å². The molecule has 2 aromatic heterocycles. The zero-order valence-electron chi connectivity index (χ0n) is 10.2. The van der Waals surface area contributed by atoms with Gasteiger partial charge in [0.2, 0.25) is 0 Å². The number of anilines is 1. The Bertz CT molecular complexity index is 476. The summed E-state index contributed by atoms with van der Waals surface area (Å²) in [5.74, 6) is 1.89. The molecule has 0 radical (unpaired) electrons. The van der Waals surface area contributed by atoms with Gasteiger partial charge in [-0.25, -0.2) is 4.98 Å². The predicted molar refractivity (Wildman–Crippen MR) is 67.7 cm³/mol. The van der Waals surface area contributed by atoms with Crippen LogP contribution in [0.2, 0.25) is 0 Å². The average molecular weight is 231 g/mol. The highest BCUT2D eigenvalue weighted by atomic mass is 16.3. The van der Waals surface area contributed by atoms with Crippen molar-refractivity contribution in [2.45, 2.75) is 20.0 Å². The summed E-state index contributed by atoms with van der Waals surface area (Å²) >= 11 is 0.